The Hall–Kier alpha value is -1.36. The van der Waals surface area contributed by atoms with E-state index in [1.54, 1.807) is 19.1 Å². The fourth-order valence-electron chi connectivity index (χ4n) is 2.00. The zero-order valence-electron chi connectivity index (χ0n) is 10.3. The number of phenolic OH excluding ortho intramolecular Hbond substituents is 1. The Morgan fingerprint density at radius 2 is 2.06 bits per heavy atom. The summed E-state index contributed by atoms with van der Waals surface area (Å²) >= 11 is 0. The van der Waals surface area contributed by atoms with Crippen LogP contribution < -0.4 is 5.32 Å². The van der Waals surface area contributed by atoms with Crippen molar-refractivity contribution in [3.05, 3.63) is 29.3 Å². The van der Waals surface area contributed by atoms with Gasteiger partial charge >= 0.3 is 0 Å². The molecule has 1 aliphatic heterocycles. The molecule has 0 aromatic heterocycles. The summed E-state index contributed by atoms with van der Waals surface area (Å²) in [5.41, 5.74) is 1.24. The van der Waals surface area contributed by atoms with E-state index in [2.05, 4.69) is 5.32 Å². The minimum absolute atomic E-state index is 0.115. The van der Waals surface area contributed by atoms with Crippen molar-refractivity contribution in [3.8, 4) is 5.75 Å². The Labute approximate surface area is 109 Å². The molecular weight excluding hydrogens is 250 g/mol. The molecule has 5 heteroatoms. The van der Waals surface area contributed by atoms with Crippen molar-refractivity contribution < 1.29 is 14.1 Å². The quantitative estimate of drug-likeness (QED) is 0.850. The van der Waals surface area contributed by atoms with Gasteiger partial charge in [0.1, 0.15) is 5.75 Å². The van der Waals surface area contributed by atoms with Gasteiger partial charge in [0, 0.05) is 33.9 Å². The first-order valence-electron chi connectivity index (χ1n) is 6.01. The molecule has 0 bridgehead atoms. The molecule has 2 rings (SSSR count). The smallest absolute Gasteiger partial charge is 0.251 e. The average Bonchev–Trinajstić information content (AvgIpc) is 2.35. The number of hydrogen-bond donors (Lipinski definition) is 2. The van der Waals surface area contributed by atoms with Crippen LogP contribution in [0.5, 0.6) is 5.75 Å². The first kappa shape index (κ1) is 13.1. The summed E-state index contributed by atoms with van der Waals surface area (Å²) in [6.07, 6.45) is 1.55. The Kier molecular flexibility index (Phi) is 4.01. The Bertz CT molecular complexity index is 477. The van der Waals surface area contributed by atoms with Crippen LogP contribution in [0.4, 0.5) is 0 Å². The molecule has 0 aliphatic carbocycles. The number of carbonyl (C=O) groups is 1. The third-order valence-corrected chi connectivity index (χ3v) is 4.56. The van der Waals surface area contributed by atoms with E-state index in [1.807, 2.05) is 0 Å². The van der Waals surface area contributed by atoms with Crippen molar-refractivity contribution in [1.82, 2.24) is 5.32 Å². The number of phenols is 1. The number of aryl methyl sites for hydroxylation is 1. The second kappa shape index (κ2) is 5.52. The monoisotopic (exact) mass is 267 g/mol. The summed E-state index contributed by atoms with van der Waals surface area (Å²) in [5.74, 6) is 1.40. The molecule has 4 nitrogen and oxygen atoms in total. The molecule has 0 radical (unpaired) electrons. The molecule has 1 aromatic carbocycles. The van der Waals surface area contributed by atoms with E-state index in [-0.39, 0.29) is 17.7 Å². The average molecular weight is 267 g/mol. The minimum Gasteiger partial charge on any atom is -0.508 e. The lowest BCUT2D eigenvalue weighted by molar-refractivity contribution is 0.0934. The summed E-state index contributed by atoms with van der Waals surface area (Å²) in [4.78, 5) is 12.0. The van der Waals surface area contributed by atoms with E-state index in [0.717, 1.165) is 12.8 Å². The fourth-order valence-corrected chi connectivity index (χ4v) is 3.30. The first-order chi connectivity index (χ1) is 8.56. The van der Waals surface area contributed by atoms with Gasteiger partial charge in [-0.25, -0.2) is 0 Å². The SMILES string of the molecule is Cc1cc(C(=O)NC2CCS(=O)CC2)ccc1O. The third-order valence-electron chi connectivity index (χ3n) is 3.18. The summed E-state index contributed by atoms with van der Waals surface area (Å²) in [5, 5.41) is 12.4. The molecule has 1 heterocycles. The van der Waals surface area contributed by atoms with Crippen molar-refractivity contribution in [2.45, 2.75) is 25.8 Å². The summed E-state index contributed by atoms with van der Waals surface area (Å²) in [6, 6.07) is 4.93. The number of amides is 1. The van der Waals surface area contributed by atoms with Crippen LogP contribution in [0.3, 0.4) is 0 Å². The molecule has 1 saturated heterocycles. The van der Waals surface area contributed by atoms with Crippen molar-refractivity contribution in [3.63, 3.8) is 0 Å². The molecule has 98 valence electrons. The Balaban J connectivity index is 1.99. The Morgan fingerprint density at radius 3 is 2.67 bits per heavy atom. The molecule has 1 fully saturated rings. The molecule has 0 saturated carbocycles. The number of benzene rings is 1. The molecule has 0 spiro atoms. The summed E-state index contributed by atoms with van der Waals surface area (Å²) in [6.45, 7) is 1.76. The number of nitrogens with one attached hydrogen (secondary N) is 1. The van der Waals surface area contributed by atoms with Crippen LogP contribution in [0.1, 0.15) is 28.8 Å². The first-order valence-corrected chi connectivity index (χ1v) is 7.50. The van der Waals surface area contributed by atoms with Crippen LogP contribution in [-0.4, -0.2) is 32.8 Å². The number of rotatable bonds is 2. The van der Waals surface area contributed by atoms with Crippen molar-refractivity contribution in [2.24, 2.45) is 0 Å². The van der Waals surface area contributed by atoms with Gasteiger partial charge < -0.3 is 10.4 Å². The highest BCUT2D eigenvalue weighted by Crippen LogP contribution is 2.17. The van der Waals surface area contributed by atoms with Crippen LogP contribution >= 0.6 is 0 Å². The van der Waals surface area contributed by atoms with Gasteiger partial charge in [-0.2, -0.15) is 0 Å². The predicted molar refractivity (Wildman–Crippen MR) is 71.2 cm³/mol. The van der Waals surface area contributed by atoms with E-state index in [4.69, 9.17) is 0 Å². The van der Waals surface area contributed by atoms with E-state index in [9.17, 15) is 14.1 Å². The molecule has 1 amide bonds. The highest BCUT2D eigenvalue weighted by Gasteiger charge is 2.20. The number of hydrogen-bond acceptors (Lipinski definition) is 3. The van der Waals surface area contributed by atoms with Gasteiger partial charge in [-0.1, -0.05) is 0 Å². The maximum atomic E-state index is 12.0. The van der Waals surface area contributed by atoms with Gasteiger partial charge in [-0.3, -0.25) is 9.00 Å². The van der Waals surface area contributed by atoms with Gasteiger partial charge in [-0.05, 0) is 43.5 Å². The highest BCUT2D eigenvalue weighted by atomic mass is 32.2. The molecule has 2 N–H and O–H groups in total. The largest absolute Gasteiger partial charge is 0.508 e. The van der Waals surface area contributed by atoms with E-state index < -0.39 is 10.8 Å². The molecular formula is C13H17NO3S. The molecule has 0 atom stereocenters. The second-order valence-electron chi connectivity index (χ2n) is 4.60. The summed E-state index contributed by atoms with van der Waals surface area (Å²) in [7, 11) is -0.711. The lowest BCUT2D eigenvalue weighted by atomic mass is 10.1. The van der Waals surface area contributed by atoms with Crippen LogP contribution in [0.25, 0.3) is 0 Å². The normalized spacial score (nSPS) is 23.6. The van der Waals surface area contributed by atoms with Crippen molar-refractivity contribution in [2.75, 3.05) is 11.5 Å². The van der Waals surface area contributed by atoms with Crippen molar-refractivity contribution in [1.29, 1.82) is 0 Å². The van der Waals surface area contributed by atoms with Gasteiger partial charge in [0.05, 0.1) is 0 Å². The topological polar surface area (TPSA) is 66.4 Å². The molecule has 18 heavy (non-hydrogen) atoms. The minimum atomic E-state index is -0.711. The zero-order valence-corrected chi connectivity index (χ0v) is 11.1. The molecule has 1 aliphatic rings. The van der Waals surface area contributed by atoms with Gasteiger partial charge in [0.15, 0.2) is 0 Å². The summed E-state index contributed by atoms with van der Waals surface area (Å²) < 4.78 is 11.2. The Morgan fingerprint density at radius 1 is 1.39 bits per heavy atom. The van der Waals surface area contributed by atoms with Crippen LogP contribution in [0, 0.1) is 6.92 Å². The van der Waals surface area contributed by atoms with Gasteiger partial charge in [0.2, 0.25) is 0 Å². The highest BCUT2D eigenvalue weighted by molar-refractivity contribution is 7.85. The molecule has 1 aromatic rings. The lowest BCUT2D eigenvalue weighted by Crippen LogP contribution is -2.39. The predicted octanol–water partition coefficient (Wildman–Crippen LogP) is 1.34. The maximum Gasteiger partial charge on any atom is 0.251 e. The zero-order chi connectivity index (χ0) is 13.1. The van der Waals surface area contributed by atoms with Crippen molar-refractivity contribution >= 4 is 16.7 Å². The van der Waals surface area contributed by atoms with Gasteiger partial charge in [-0.15, -0.1) is 0 Å². The van der Waals surface area contributed by atoms with E-state index in [0.29, 0.717) is 22.6 Å². The van der Waals surface area contributed by atoms with E-state index in [1.165, 1.54) is 6.07 Å². The van der Waals surface area contributed by atoms with Crippen LogP contribution in [0.15, 0.2) is 18.2 Å². The fraction of sp³-hybridized carbons (Fsp3) is 0.462. The second-order valence-corrected chi connectivity index (χ2v) is 6.29. The van der Waals surface area contributed by atoms with Crippen LogP contribution in [0.2, 0.25) is 0 Å². The van der Waals surface area contributed by atoms with Gasteiger partial charge in [0.25, 0.3) is 5.91 Å². The third kappa shape index (κ3) is 3.10. The number of carbonyl (C=O) groups excluding carboxylic acids is 1. The molecule has 0 unspecified atom stereocenters. The van der Waals surface area contributed by atoms with E-state index >= 15 is 0 Å². The standard InChI is InChI=1S/C13H17NO3S/c1-9-8-10(2-3-12(9)15)13(16)14-11-4-6-18(17)7-5-11/h2-3,8,11,15H,4-7H2,1H3,(H,14,16). The maximum absolute atomic E-state index is 12.0. The number of aromatic hydroxyl groups is 1. The van der Waals surface area contributed by atoms with Crippen LogP contribution in [-0.2, 0) is 10.8 Å². The lowest BCUT2D eigenvalue weighted by Gasteiger charge is -2.22.